The van der Waals surface area contributed by atoms with Gasteiger partial charge in [-0.2, -0.15) is 0 Å². The Morgan fingerprint density at radius 3 is 2.79 bits per heavy atom. The number of ether oxygens (including phenoxy) is 1. The number of nitrogens with one attached hydrogen (secondary N) is 2. The first kappa shape index (κ1) is 10.4. The maximum absolute atomic E-state index is 6.07. The minimum atomic E-state index is 0.152. The van der Waals surface area contributed by atoms with Crippen LogP contribution in [0.25, 0.3) is 0 Å². The van der Waals surface area contributed by atoms with E-state index in [9.17, 15) is 0 Å². The van der Waals surface area contributed by atoms with Crippen molar-refractivity contribution >= 4 is 0 Å². The number of hydrogen-bond acceptors (Lipinski definition) is 3. The molecule has 2 heterocycles. The highest BCUT2D eigenvalue weighted by atomic mass is 16.5. The fourth-order valence-electron chi connectivity index (χ4n) is 2.77. The number of piperidine rings is 1. The monoisotopic (exact) mass is 198 g/mol. The van der Waals surface area contributed by atoms with Crippen LogP contribution in [0.4, 0.5) is 0 Å². The fraction of sp³-hybridized carbons (Fsp3) is 1.00. The molecular formula is C11H22N2O. The first-order chi connectivity index (χ1) is 6.87. The molecule has 82 valence electrons. The van der Waals surface area contributed by atoms with Gasteiger partial charge in [-0.25, -0.2) is 0 Å². The molecule has 1 unspecified atom stereocenters. The van der Waals surface area contributed by atoms with Gasteiger partial charge in [-0.05, 0) is 32.4 Å². The predicted octanol–water partition coefficient (Wildman–Crippen LogP) is 0.897. The van der Waals surface area contributed by atoms with Crippen LogP contribution < -0.4 is 10.6 Å². The summed E-state index contributed by atoms with van der Waals surface area (Å²) in [5.74, 6) is 0. The molecule has 3 nitrogen and oxygen atoms in total. The first-order valence-electron chi connectivity index (χ1n) is 5.95. The summed E-state index contributed by atoms with van der Waals surface area (Å²) in [6.45, 7) is 6.40. The van der Waals surface area contributed by atoms with Crippen LogP contribution in [0.1, 0.15) is 32.6 Å². The van der Waals surface area contributed by atoms with Gasteiger partial charge in [0.25, 0.3) is 0 Å². The highest BCUT2D eigenvalue weighted by molar-refractivity contribution is 4.98. The van der Waals surface area contributed by atoms with E-state index in [0.29, 0.717) is 6.04 Å². The molecule has 0 aliphatic carbocycles. The van der Waals surface area contributed by atoms with Crippen molar-refractivity contribution in [2.24, 2.45) is 0 Å². The van der Waals surface area contributed by atoms with Crippen molar-refractivity contribution in [2.75, 3.05) is 26.2 Å². The average molecular weight is 198 g/mol. The summed E-state index contributed by atoms with van der Waals surface area (Å²) in [5, 5.41) is 7.04. The van der Waals surface area contributed by atoms with Gasteiger partial charge in [0.2, 0.25) is 0 Å². The number of hydrogen-bond donors (Lipinski definition) is 2. The Kier molecular flexibility index (Phi) is 3.42. The zero-order valence-corrected chi connectivity index (χ0v) is 9.14. The first-order valence-corrected chi connectivity index (χ1v) is 5.95. The summed E-state index contributed by atoms with van der Waals surface area (Å²) in [6, 6.07) is 0.586. The zero-order chi connectivity index (χ0) is 9.86. The van der Waals surface area contributed by atoms with Crippen LogP contribution in [-0.2, 0) is 4.74 Å². The van der Waals surface area contributed by atoms with Crippen LogP contribution in [0, 0.1) is 0 Å². The Balaban J connectivity index is 2.02. The van der Waals surface area contributed by atoms with Crippen molar-refractivity contribution in [3.05, 3.63) is 0 Å². The molecule has 2 N–H and O–H groups in total. The Morgan fingerprint density at radius 1 is 1.29 bits per heavy atom. The molecule has 1 atom stereocenters. The number of rotatable bonds is 2. The molecule has 2 aliphatic heterocycles. The largest absolute Gasteiger partial charge is 0.372 e. The minimum Gasteiger partial charge on any atom is -0.372 e. The van der Waals surface area contributed by atoms with Gasteiger partial charge < -0.3 is 15.4 Å². The predicted molar refractivity (Wildman–Crippen MR) is 57.5 cm³/mol. The van der Waals surface area contributed by atoms with E-state index in [0.717, 1.165) is 26.2 Å². The van der Waals surface area contributed by atoms with Crippen molar-refractivity contribution in [3.63, 3.8) is 0 Å². The molecule has 0 saturated carbocycles. The fourth-order valence-corrected chi connectivity index (χ4v) is 2.77. The summed E-state index contributed by atoms with van der Waals surface area (Å²) in [4.78, 5) is 0. The van der Waals surface area contributed by atoms with Crippen LogP contribution in [-0.4, -0.2) is 37.9 Å². The lowest BCUT2D eigenvalue weighted by molar-refractivity contribution is -0.115. The lowest BCUT2D eigenvalue weighted by atomic mass is 9.81. The van der Waals surface area contributed by atoms with E-state index in [1.165, 1.54) is 25.7 Å². The zero-order valence-electron chi connectivity index (χ0n) is 9.14. The van der Waals surface area contributed by atoms with E-state index < -0.39 is 0 Å². The molecule has 0 bridgehead atoms. The smallest absolute Gasteiger partial charge is 0.0859 e. The second kappa shape index (κ2) is 4.60. The maximum atomic E-state index is 6.07. The molecule has 2 aliphatic rings. The summed E-state index contributed by atoms with van der Waals surface area (Å²) >= 11 is 0. The van der Waals surface area contributed by atoms with Gasteiger partial charge >= 0.3 is 0 Å². The van der Waals surface area contributed by atoms with E-state index in [1.807, 2.05) is 0 Å². The van der Waals surface area contributed by atoms with Gasteiger partial charge in [0.15, 0.2) is 0 Å². The van der Waals surface area contributed by atoms with E-state index in [-0.39, 0.29) is 5.60 Å². The van der Waals surface area contributed by atoms with Crippen LogP contribution in [0.2, 0.25) is 0 Å². The van der Waals surface area contributed by atoms with Crippen molar-refractivity contribution in [2.45, 2.75) is 44.2 Å². The molecule has 3 heteroatoms. The van der Waals surface area contributed by atoms with Crippen LogP contribution >= 0.6 is 0 Å². The quantitative estimate of drug-likeness (QED) is 0.691. The van der Waals surface area contributed by atoms with Crippen LogP contribution in [0.15, 0.2) is 0 Å². The molecule has 0 amide bonds. The number of morpholine rings is 1. The van der Waals surface area contributed by atoms with E-state index >= 15 is 0 Å². The van der Waals surface area contributed by atoms with E-state index in [4.69, 9.17) is 4.74 Å². The van der Waals surface area contributed by atoms with Crippen molar-refractivity contribution in [3.8, 4) is 0 Å². The highest BCUT2D eigenvalue weighted by Gasteiger charge is 2.42. The van der Waals surface area contributed by atoms with Gasteiger partial charge in [-0.3, -0.25) is 0 Å². The van der Waals surface area contributed by atoms with Crippen molar-refractivity contribution in [1.29, 1.82) is 0 Å². The summed E-state index contributed by atoms with van der Waals surface area (Å²) in [5.41, 5.74) is 0.152. The molecule has 0 aromatic rings. The van der Waals surface area contributed by atoms with Gasteiger partial charge in [-0.15, -0.1) is 0 Å². The Morgan fingerprint density at radius 2 is 2.07 bits per heavy atom. The van der Waals surface area contributed by atoms with Crippen LogP contribution in [0.5, 0.6) is 0 Å². The van der Waals surface area contributed by atoms with E-state index in [2.05, 4.69) is 17.6 Å². The minimum absolute atomic E-state index is 0.152. The normalized spacial score (nSPS) is 31.9. The van der Waals surface area contributed by atoms with E-state index in [1.54, 1.807) is 0 Å². The Labute approximate surface area is 86.6 Å². The van der Waals surface area contributed by atoms with Gasteiger partial charge in [0, 0.05) is 12.6 Å². The standard InChI is InChI=1S/C11H22N2O/c1-2-3-10-11(14-9-8-13-10)4-6-12-7-5-11/h10,12-13H,2-9H2,1H3. The third-order valence-corrected chi connectivity index (χ3v) is 3.54. The lowest BCUT2D eigenvalue weighted by Gasteiger charge is -2.47. The molecule has 1 spiro atoms. The molecule has 14 heavy (non-hydrogen) atoms. The molecule has 0 aromatic heterocycles. The molecule has 0 aromatic carbocycles. The molecular weight excluding hydrogens is 176 g/mol. The van der Waals surface area contributed by atoms with Gasteiger partial charge in [0.1, 0.15) is 0 Å². The molecule has 2 saturated heterocycles. The summed E-state index contributed by atoms with van der Waals surface area (Å²) in [6.07, 6.45) is 4.84. The average Bonchev–Trinajstić information content (AvgIpc) is 2.23. The Bertz CT molecular complexity index is 168. The van der Waals surface area contributed by atoms with Gasteiger partial charge in [0.05, 0.1) is 12.2 Å². The maximum Gasteiger partial charge on any atom is 0.0859 e. The molecule has 0 radical (unpaired) electrons. The van der Waals surface area contributed by atoms with Crippen molar-refractivity contribution < 1.29 is 4.74 Å². The third-order valence-electron chi connectivity index (χ3n) is 3.54. The highest BCUT2D eigenvalue weighted by Crippen LogP contribution is 2.31. The second-order valence-electron chi connectivity index (χ2n) is 4.46. The topological polar surface area (TPSA) is 33.3 Å². The van der Waals surface area contributed by atoms with Crippen LogP contribution in [0.3, 0.4) is 0 Å². The molecule has 2 fully saturated rings. The summed E-state index contributed by atoms with van der Waals surface area (Å²) in [7, 11) is 0. The second-order valence-corrected chi connectivity index (χ2v) is 4.46. The third kappa shape index (κ3) is 1.95. The molecule has 2 rings (SSSR count). The Hall–Kier alpha value is -0.120. The van der Waals surface area contributed by atoms with Gasteiger partial charge in [-0.1, -0.05) is 13.3 Å². The summed E-state index contributed by atoms with van der Waals surface area (Å²) < 4.78 is 6.07. The lowest BCUT2D eigenvalue weighted by Crippen LogP contribution is -2.61. The SMILES string of the molecule is CCCC1NCCOC12CCNCC2. The van der Waals surface area contributed by atoms with Crippen molar-refractivity contribution in [1.82, 2.24) is 10.6 Å².